The summed E-state index contributed by atoms with van der Waals surface area (Å²) in [6, 6.07) is 9.87. The van der Waals surface area contributed by atoms with Gasteiger partial charge >= 0.3 is 12.0 Å². The van der Waals surface area contributed by atoms with Gasteiger partial charge in [-0.2, -0.15) is 5.26 Å². The van der Waals surface area contributed by atoms with Gasteiger partial charge < -0.3 is 15.7 Å². The number of carboxylic acid groups (broad SMARTS) is 1. The highest BCUT2D eigenvalue weighted by Crippen LogP contribution is 2.19. The summed E-state index contributed by atoms with van der Waals surface area (Å²) in [5.41, 5.74) is 0.949. The van der Waals surface area contributed by atoms with Crippen LogP contribution in [0.2, 0.25) is 0 Å². The summed E-state index contributed by atoms with van der Waals surface area (Å²) in [4.78, 5) is 23.6. The lowest BCUT2D eigenvalue weighted by molar-refractivity contribution is -0.139. The highest BCUT2D eigenvalue weighted by atomic mass is 32.1. The van der Waals surface area contributed by atoms with Crippen LogP contribution in [-0.4, -0.2) is 17.1 Å². The fourth-order valence-electron chi connectivity index (χ4n) is 1.64. The van der Waals surface area contributed by atoms with Gasteiger partial charge in [-0.05, 0) is 35.7 Å². The zero-order chi connectivity index (χ0) is 15.2. The Hall–Kier alpha value is -2.85. The van der Waals surface area contributed by atoms with Crippen LogP contribution in [0, 0.1) is 11.3 Å². The van der Waals surface area contributed by atoms with Crippen LogP contribution in [0.3, 0.4) is 0 Å². The Bertz CT molecular complexity index is 674. The molecule has 3 N–H and O–H groups in total. The molecule has 1 aromatic heterocycles. The number of aliphatic carboxylic acids is 1. The van der Waals surface area contributed by atoms with E-state index >= 15 is 0 Å². The molecule has 0 bridgehead atoms. The van der Waals surface area contributed by atoms with Crippen LogP contribution >= 0.6 is 11.3 Å². The Morgan fingerprint density at radius 1 is 1.24 bits per heavy atom. The number of carbonyl (C=O) groups excluding carboxylic acids is 1. The molecule has 21 heavy (non-hydrogen) atoms. The number of hydrogen-bond donors (Lipinski definition) is 3. The fourth-order valence-corrected chi connectivity index (χ4v) is 2.40. The average Bonchev–Trinajstić information content (AvgIpc) is 2.99. The van der Waals surface area contributed by atoms with Crippen molar-refractivity contribution in [1.29, 1.82) is 5.26 Å². The average molecular weight is 301 g/mol. The summed E-state index contributed by atoms with van der Waals surface area (Å²) in [5, 5.41) is 24.5. The Balaban J connectivity index is 2.02. The molecule has 7 heteroatoms. The minimum Gasteiger partial charge on any atom is -0.479 e. The molecule has 6 nitrogen and oxygen atoms in total. The van der Waals surface area contributed by atoms with Crippen LogP contribution < -0.4 is 10.6 Å². The second-order valence-corrected chi connectivity index (χ2v) is 5.05. The minimum atomic E-state index is -1.13. The molecule has 1 atom stereocenters. The molecular weight excluding hydrogens is 290 g/mol. The Labute approximate surface area is 124 Å². The van der Waals surface area contributed by atoms with Gasteiger partial charge in [0, 0.05) is 10.6 Å². The van der Waals surface area contributed by atoms with Gasteiger partial charge in [-0.15, -0.1) is 11.3 Å². The lowest BCUT2D eigenvalue weighted by atomic mass is 10.2. The van der Waals surface area contributed by atoms with E-state index in [0.717, 1.165) is 0 Å². The first kappa shape index (κ1) is 14.6. The predicted molar refractivity (Wildman–Crippen MR) is 78.0 cm³/mol. The molecule has 1 unspecified atom stereocenters. The van der Waals surface area contributed by atoms with Gasteiger partial charge in [-0.3, -0.25) is 0 Å². The third-order valence-corrected chi connectivity index (χ3v) is 3.56. The van der Waals surface area contributed by atoms with E-state index in [4.69, 9.17) is 10.4 Å². The third-order valence-electron chi connectivity index (χ3n) is 2.62. The highest BCUT2D eigenvalue weighted by Gasteiger charge is 2.22. The molecule has 0 spiro atoms. The Morgan fingerprint density at radius 3 is 2.48 bits per heavy atom. The van der Waals surface area contributed by atoms with E-state index < -0.39 is 18.0 Å². The van der Waals surface area contributed by atoms with Crippen molar-refractivity contribution in [3.8, 4) is 6.07 Å². The van der Waals surface area contributed by atoms with E-state index in [2.05, 4.69) is 10.6 Å². The summed E-state index contributed by atoms with van der Waals surface area (Å²) in [6.07, 6.45) is 0. The quantitative estimate of drug-likeness (QED) is 0.807. The van der Waals surface area contributed by atoms with Crippen molar-refractivity contribution in [2.75, 3.05) is 5.32 Å². The van der Waals surface area contributed by atoms with Crippen LogP contribution in [0.25, 0.3) is 0 Å². The molecule has 0 aliphatic rings. The minimum absolute atomic E-state index is 0.474. The van der Waals surface area contributed by atoms with Crippen LogP contribution in [0.1, 0.15) is 16.5 Å². The van der Waals surface area contributed by atoms with Crippen molar-refractivity contribution < 1.29 is 14.7 Å². The largest absolute Gasteiger partial charge is 0.479 e. The molecule has 2 aromatic rings. The summed E-state index contributed by atoms with van der Waals surface area (Å²) in [6.45, 7) is 0. The fraction of sp³-hybridized carbons (Fsp3) is 0.0714. The number of thiophene rings is 1. The van der Waals surface area contributed by atoms with Crippen LogP contribution in [0.15, 0.2) is 41.8 Å². The summed E-state index contributed by atoms with van der Waals surface area (Å²) in [7, 11) is 0. The highest BCUT2D eigenvalue weighted by molar-refractivity contribution is 7.10. The molecule has 0 aliphatic carbocycles. The van der Waals surface area contributed by atoms with Crippen LogP contribution in [0.4, 0.5) is 10.5 Å². The maximum absolute atomic E-state index is 11.8. The van der Waals surface area contributed by atoms with Gasteiger partial charge in [0.15, 0.2) is 6.04 Å². The Morgan fingerprint density at radius 2 is 1.95 bits per heavy atom. The smallest absolute Gasteiger partial charge is 0.331 e. The molecule has 2 rings (SSSR count). The van der Waals surface area contributed by atoms with Crippen LogP contribution in [0.5, 0.6) is 0 Å². The zero-order valence-electron chi connectivity index (χ0n) is 10.7. The lowest BCUT2D eigenvalue weighted by Crippen LogP contribution is -2.36. The van der Waals surface area contributed by atoms with Crippen molar-refractivity contribution in [2.45, 2.75) is 6.04 Å². The monoisotopic (exact) mass is 301 g/mol. The molecule has 0 saturated heterocycles. The number of nitriles is 1. The van der Waals surface area contributed by atoms with Gasteiger partial charge in [0.05, 0.1) is 11.6 Å². The van der Waals surface area contributed by atoms with E-state index in [1.165, 1.54) is 11.3 Å². The Kier molecular flexibility index (Phi) is 4.53. The number of hydrogen-bond acceptors (Lipinski definition) is 4. The first-order valence-electron chi connectivity index (χ1n) is 5.94. The van der Waals surface area contributed by atoms with Crippen molar-refractivity contribution in [2.24, 2.45) is 0 Å². The van der Waals surface area contributed by atoms with E-state index in [-0.39, 0.29) is 0 Å². The normalized spacial score (nSPS) is 11.2. The molecule has 106 valence electrons. The van der Waals surface area contributed by atoms with Gasteiger partial charge in [0.1, 0.15) is 0 Å². The van der Waals surface area contributed by atoms with Gasteiger partial charge in [0.25, 0.3) is 0 Å². The number of benzene rings is 1. The van der Waals surface area contributed by atoms with E-state index in [1.807, 2.05) is 6.07 Å². The molecular formula is C14H11N3O3S. The molecule has 0 saturated carbocycles. The number of carbonyl (C=O) groups is 2. The molecule has 0 radical (unpaired) electrons. The van der Waals surface area contributed by atoms with Crippen molar-refractivity contribution in [3.05, 3.63) is 52.2 Å². The number of carboxylic acids is 1. The van der Waals surface area contributed by atoms with E-state index in [0.29, 0.717) is 16.1 Å². The SMILES string of the molecule is N#Cc1ccc(NC(=O)NC(C(=O)O)c2cccs2)cc1. The number of rotatable bonds is 4. The number of anilines is 1. The van der Waals surface area contributed by atoms with E-state index in [9.17, 15) is 9.59 Å². The third kappa shape index (κ3) is 3.81. The maximum Gasteiger partial charge on any atom is 0.331 e. The predicted octanol–water partition coefficient (Wildman–Crippen LogP) is 2.57. The van der Waals surface area contributed by atoms with Gasteiger partial charge in [-0.25, -0.2) is 9.59 Å². The molecule has 0 fully saturated rings. The molecule has 2 amide bonds. The van der Waals surface area contributed by atoms with Crippen LogP contribution in [-0.2, 0) is 4.79 Å². The standard InChI is InChI=1S/C14H11N3O3S/c15-8-9-3-5-10(6-4-9)16-14(20)17-12(13(18)19)11-2-1-7-21-11/h1-7,12H,(H,18,19)(H2,16,17,20). The summed E-state index contributed by atoms with van der Waals surface area (Å²) >= 11 is 1.25. The topological polar surface area (TPSA) is 102 Å². The number of amides is 2. The summed E-state index contributed by atoms with van der Waals surface area (Å²) in [5.74, 6) is -1.13. The molecule has 1 aromatic carbocycles. The van der Waals surface area contributed by atoms with Gasteiger partial charge in [-0.1, -0.05) is 6.07 Å². The first-order chi connectivity index (χ1) is 10.1. The van der Waals surface area contributed by atoms with Crippen molar-refractivity contribution in [3.63, 3.8) is 0 Å². The number of nitrogens with one attached hydrogen (secondary N) is 2. The number of urea groups is 1. The molecule has 1 heterocycles. The van der Waals surface area contributed by atoms with E-state index in [1.54, 1.807) is 41.8 Å². The number of nitrogens with zero attached hydrogens (tertiary/aromatic N) is 1. The van der Waals surface area contributed by atoms with Crippen molar-refractivity contribution in [1.82, 2.24) is 5.32 Å². The lowest BCUT2D eigenvalue weighted by Gasteiger charge is -2.13. The molecule has 0 aliphatic heterocycles. The maximum atomic E-state index is 11.8. The second-order valence-electron chi connectivity index (χ2n) is 4.07. The second kappa shape index (κ2) is 6.54. The van der Waals surface area contributed by atoms with Crippen molar-refractivity contribution >= 4 is 29.0 Å². The first-order valence-corrected chi connectivity index (χ1v) is 6.82. The zero-order valence-corrected chi connectivity index (χ0v) is 11.6. The van der Waals surface area contributed by atoms with Gasteiger partial charge in [0.2, 0.25) is 0 Å². The summed E-state index contributed by atoms with van der Waals surface area (Å²) < 4.78 is 0.